The molecule has 1 aliphatic heterocycles. The van der Waals surface area contributed by atoms with E-state index in [0.717, 1.165) is 11.1 Å². The SMILES string of the molecule is Cc1ccc(S(=O)(=O)N2CCc3cc(C(=O)NCc4ccco4)ccc32)cc1. The zero-order chi connectivity index (χ0) is 19.7. The summed E-state index contributed by atoms with van der Waals surface area (Å²) in [6.07, 6.45) is 2.12. The van der Waals surface area contributed by atoms with Gasteiger partial charge in [-0.3, -0.25) is 9.10 Å². The molecular formula is C21H20N2O4S. The Kier molecular flexibility index (Phi) is 4.68. The molecule has 4 rings (SSSR count). The Bertz CT molecular complexity index is 1100. The van der Waals surface area contributed by atoms with Gasteiger partial charge in [-0.2, -0.15) is 0 Å². The first-order chi connectivity index (χ1) is 13.4. The Balaban J connectivity index is 1.54. The lowest BCUT2D eigenvalue weighted by Crippen LogP contribution is -2.29. The fraction of sp³-hybridized carbons (Fsp3) is 0.190. The van der Waals surface area contributed by atoms with Crippen LogP contribution in [0.3, 0.4) is 0 Å². The number of nitrogens with zero attached hydrogens (tertiary/aromatic N) is 1. The molecule has 2 aromatic carbocycles. The molecule has 0 radical (unpaired) electrons. The van der Waals surface area contributed by atoms with Crippen LogP contribution in [0.15, 0.2) is 70.2 Å². The van der Waals surface area contributed by atoms with Crippen molar-refractivity contribution in [3.05, 3.63) is 83.3 Å². The number of furan rings is 1. The van der Waals surface area contributed by atoms with E-state index in [1.165, 1.54) is 4.31 Å². The van der Waals surface area contributed by atoms with Crippen LogP contribution >= 0.6 is 0 Å². The van der Waals surface area contributed by atoms with Crippen molar-refractivity contribution in [3.63, 3.8) is 0 Å². The van der Waals surface area contributed by atoms with Gasteiger partial charge in [-0.15, -0.1) is 0 Å². The van der Waals surface area contributed by atoms with Crippen LogP contribution in [-0.2, 0) is 23.0 Å². The van der Waals surface area contributed by atoms with Crippen molar-refractivity contribution in [1.29, 1.82) is 0 Å². The number of amides is 1. The predicted octanol–water partition coefficient (Wildman–Crippen LogP) is 3.27. The van der Waals surface area contributed by atoms with E-state index in [9.17, 15) is 13.2 Å². The number of aryl methyl sites for hydroxylation is 1. The topological polar surface area (TPSA) is 79.6 Å². The molecule has 0 atom stereocenters. The highest BCUT2D eigenvalue weighted by atomic mass is 32.2. The number of anilines is 1. The van der Waals surface area contributed by atoms with Gasteiger partial charge in [0.25, 0.3) is 15.9 Å². The van der Waals surface area contributed by atoms with Gasteiger partial charge in [0.15, 0.2) is 0 Å². The zero-order valence-corrected chi connectivity index (χ0v) is 16.2. The van der Waals surface area contributed by atoms with Gasteiger partial charge in [0.1, 0.15) is 5.76 Å². The minimum Gasteiger partial charge on any atom is -0.467 e. The van der Waals surface area contributed by atoms with Crippen molar-refractivity contribution in [2.45, 2.75) is 24.8 Å². The van der Waals surface area contributed by atoms with Gasteiger partial charge in [-0.05, 0) is 61.4 Å². The van der Waals surface area contributed by atoms with E-state index in [1.807, 2.05) is 6.92 Å². The highest BCUT2D eigenvalue weighted by Gasteiger charge is 2.31. The maximum absolute atomic E-state index is 13.0. The Morgan fingerprint density at radius 3 is 2.64 bits per heavy atom. The van der Waals surface area contributed by atoms with Crippen LogP contribution < -0.4 is 9.62 Å². The fourth-order valence-corrected chi connectivity index (χ4v) is 4.79. The third-order valence-electron chi connectivity index (χ3n) is 4.81. The van der Waals surface area contributed by atoms with E-state index in [-0.39, 0.29) is 10.8 Å². The second-order valence-electron chi connectivity index (χ2n) is 6.75. The summed E-state index contributed by atoms with van der Waals surface area (Å²) in [5.41, 5.74) is 2.98. The van der Waals surface area contributed by atoms with Crippen molar-refractivity contribution in [1.82, 2.24) is 5.32 Å². The number of carbonyl (C=O) groups excluding carboxylic acids is 1. The lowest BCUT2D eigenvalue weighted by molar-refractivity contribution is 0.0948. The summed E-state index contributed by atoms with van der Waals surface area (Å²) >= 11 is 0. The van der Waals surface area contributed by atoms with E-state index in [2.05, 4.69) is 5.32 Å². The van der Waals surface area contributed by atoms with Crippen molar-refractivity contribution >= 4 is 21.6 Å². The van der Waals surface area contributed by atoms with E-state index >= 15 is 0 Å². The summed E-state index contributed by atoms with van der Waals surface area (Å²) in [4.78, 5) is 12.7. The maximum atomic E-state index is 13.0. The molecule has 2 heterocycles. The third kappa shape index (κ3) is 3.41. The number of rotatable bonds is 5. The van der Waals surface area contributed by atoms with Crippen LogP contribution in [0.1, 0.15) is 27.2 Å². The number of fused-ring (bicyclic) bond motifs is 1. The number of hydrogen-bond acceptors (Lipinski definition) is 4. The van der Waals surface area contributed by atoms with E-state index < -0.39 is 10.0 Å². The lowest BCUT2D eigenvalue weighted by atomic mass is 10.1. The molecule has 1 N–H and O–H groups in total. The lowest BCUT2D eigenvalue weighted by Gasteiger charge is -2.20. The largest absolute Gasteiger partial charge is 0.467 e. The molecule has 28 heavy (non-hydrogen) atoms. The Morgan fingerprint density at radius 2 is 1.93 bits per heavy atom. The van der Waals surface area contributed by atoms with Crippen LogP contribution in [0.4, 0.5) is 5.69 Å². The summed E-state index contributed by atoms with van der Waals surface area (Å²) in [6.45, 7) is 2.58. The minimum atomic E-state index is -3.62. The molecule has 3 aromatic rings. The molecule has 6 nitrogen and oxygen atoms in total. The van der Waals surface area contributed by atoms with Crippen LogP contribution in [-0.4, -0.2) is 20.9 Å². The highest BCUT2D eigenvalue weighted by molar-refractivity contribution is 7.92. The van der Waals surface area contributed by atoms with Gasteiger partial charge < -0.3 is 9.73 Å². The third-order valence-corrected chi connectivity index (χ3v) is 6.63. The van der Waals surface area contributed by atoms with E-state index in [1.54, 1.807) is 60.9 Å². The normalized spacial score (nSPS) is 13.4. The molecule has 1 amide bonds. The summed E-state index contributed by atoms with van der Waals surface area (Å²) in [5, 5.41) is 2.80. The number of benzene rings is 2. The monoisotopic (exact) mass is 396 g/mol. The standard InChI is InChI=1S/C21H20N2O4S/c1-15-4-7-19(8-5-15)28(25,26)23-11-10-16-13-17(6-9-20(16)23)21(24)22-14-18-3-2-12-27-18/h2-9,12-13H,10-11,14H2,1H3,(H,22,24). The number of carbonyl (C=O) groups is 1. The average Bonchev–Trinajstić information content (AvgIpc) is 3.35. The van der Waals surface area contributed by atoms with Gasteiger partial charge in [0.2, 0.25) is 0 Å². The maximum Gasteiger partial charge on any atom is 0.264 e. The summed E-state index contributed by atoms with van der Waals surface area (Å²) in [7, 11) is -3.62. The molecule has 0 aliphatic carbocycles. The number of sulfonamides is 1. The van der Waals surface area contributed by atoms with Crippen molar-refractivity contribution < 1.29 is 17.6 Å². The zero-order valence-electron chi connectivity index (χ0n) is 15.4. The molecular weight excluding hydrogens is 376 g/mol. The van der Waals surface area contributed by atoms with Gasteiger partial charge in [-0.1, -0.05) is 17.7 Å². The second-order valence-corrected chi connectivity index (χ2v) is 8.61. The summed E-state index contributed by atoms with van der Waals surface area (Å²) < 4.78 is 32.6. The fourth-order valence-electron chi connectivity index (χ4n) is 3.28. The van der Waals surface area contributed by atoms with E-state index in [0.29, 0.717) is 36.5 Å². The van der Waals surface area contributed by atoms with E-state index in [4.69, 9.17) is 4.42 Å². The average molecular weight is 396 g/mol. The predicted molar refractivity (Wildman–Crippen MR) is 106 cm³/mol. The molecule has 0 fully saturated rings. The molecule has 1 aliphatic rings. The van der Waals surface area contributed by atoms with Gasteiger partial charge in [0, 0.05) is 12.1 Å². The molecule has 0 bridgehead atoms. The summed E-state index contributed by atoms with van der Waals surface area (Å²) in [6, 6.07) is 15.5. The van der Waals surface area contributed by atoms with Crippen LogP contribution in [0.5, 0.6) is 0 Å². The molecule has 0 spiro atoms. The Hall–Kier alpha value is -3.06. The molecule has 0 saturated carbocycles. The molecule has 1 aromatic heterocycles. The van der Waals surface area contributed by atoms with Crippen molar-refractivity contribution in [3.8, 4) is 0 Å². The van der Waals surface area contributed by atoms with Crippen LogP contribution in [0.25, 0.3) is 0 Å². The van der Waals surface area contributed by atoms with Gasteiger partial charge in [-0.25, -0.2) is 8.42 Å². The van der Waals surface area contributed by atoms with Crippen LogP contribution in [0.2, 0.25) is 0 Å². The first-order valence-corrected chi connectivity index (χ1v) is 10.4. The molecule has 144 valence electrons. The smallest absolute Gasteiger partial charge is 0.264 e. The Labute approximate surface area is 163 Å². The van der Waals surface area contributed by atoms with Crippen molar-refractivity contribution in [2.75, 3.05) is 10.8 Å². The first-order valence-electron chi connectivity index (χ1n) is 8.98. The van der Waals surface area contributed by atoms with Crippen molar-refractivity contribution in [2.24, 2.45) is 0 Å². The molecule has 7 heteroatoms. The summed E-state index contributed by atoms with van der Waals surface area (Å²) in [5.74, 6) is 0.448. The molecule has 0 saturated heterocycles. The first kappa shape index (κ1) is 18.3. The minimum absolute atomic E-state index is 0.223. The molecule has 0 unspecified atom stereocenters. The quantitative estimate of drug-likeness (QED) is 0.718. The second kappa shape index (κ2) is 7.16. The van der Waals surface area contributed by atoms with Gasteiger partial charge >= 0.3 is 0 Å². The van der Waals surface area contributed by atoms with Crippen LogP contribution in [0, 0.1) is 6.92 Å². The number of hydrogen-bond donors (Lipinski definition) is 1. The number of nitrogens with one attached hydrogen (secondary N) is 1. The highest BCUT2D eigenvalue weighted by Crippen LogP contribution is 2.33. The Morgan fingerprint density at radius 1 is 1.14 bits per heavy atom. The van der Waals surface area contributed by atoms with Gasteiger partial charge in [0.05, 0.1) is 23.4 Å².